The molecule has 0 rings (SSSR count). The van der Waals surface area contributed by atoms with Crippen LogP contribution in [0.4, 0.5) is 0 Å². The zero-order valence-corrected chi connectivity index (χ0v) is 22.2. The molecular weight excluding hydrogens is 420 g/mol. The van der Waals surface area contributed by atoms with Crippen LogP contribution >= 0.6 is 17.2 Å². The maximum Gasteiger partial charge on any atom is 0.161 e. The number of hydrogen-bond acceptors (Lipinski definition) is 6. The summed E-state index contributed by atoms with van der Waals surface area (Å²) in [5.74, 6) is 0. The number of ether oxygens (including phenoxy) is 5. The molecule has 2 atom stereocenters. The van der Waals surface area contributed by atoms with Crippen molar-refractivity contribution in [1.82, 2.24) is 4.90 Å². The van der Waals surface area contributed by atoms with Crippen molar-refractivity contribution in [2.24, 2.45) is 0 Å². The van der Waals surface area contributed by atoms with E-state index in [2.05, 4.69) is 11.8 Å². The van der Waals surface area contributed by atoms with Gasteiger partial charge in [-0.1, -0.05) is 6.92 Å². The fourth-order valence-electron chi connectivity index (χ4n) is 2.96. The highest BCUT2D eigenvalue weighted by atomic mass is 31.1. The van der Waals surface area contributed by atoms with Gasteiger partial charge in [-0.05, 0) is 52.9 Å². The van der Waals surface area contributed by atoms with E-state index < -0.39 is 0 Å². The summed E-state index contributed by atoms with van der Waals surface area (Å²) in [6, 6.07) is 0. The first-order valence-corrected chi connectivity index (χ1v) is 14.7. The van der Waals surface area contributed by atoms with Gasteiger partial charge in [-0.15, -0.1) is 17.2 Å². The molecule has 0 fully saturated rings. The van der Waals surface area contributed by atoms with E-state index >= 15 is 0 Å². The van der Waals surface area contributed by atoms with Gasteiger partial charge in [-0.25, -0.2) is 0 Å². The standard InChI is InChI=1S/C22H49NO5P2/c1-6-15-24-16-11-12-23(13-17-29-19-21(25-7-2)26-8-3)14-18-30-20-22(27-9-4)28-10-5/h21-22,29-30H,6-20H2,1-5H3. The molecule has 0 aliphatic heterocycles. The maximum atomic E-state index is 5.67. The van der Waals surface area contributed by atoms with Crippen LogP contribution in [-0.4, -0.2) is 101 Å². The normalized spacial score (nSPS) is 12.8. The summed E-state index contributed by atoms with van der Waals surface area (Å²) in [7, 11) is 1.74. The highest BCUT2D eigenvalue weighted by Gasteiger charge is 2.11. The molecule has 6 nitrogen and oxygen atoms in total. The highest BCUT2D eigenvalue weighted by molar-refractivity contribution is 7.38. The molecule has 0 aromatic heterocycles. The van der Waals surface area contributed by atoms with E-state index in [1.807, 2.05) is 27.7 Å². The smallest absolute Gasteiger partial charge is 0.161 e. The Kier molecular flexibility index (Phi) is 24.8. The molecule has 0 radical (unpaired) electrons. The number of hydrogen-bond donors (Lipinski definition) is 0. The predicted molar refractivity (Wildman–Crippen MR) is 132 cm³/mol. The first kappa shape index (κ1) is 30.6. The summed E-state index contributed by atoms with van der Waals surface area (Å²) in [4.78, 5) is 2.60. The lowest BCUT2D eigenvalue weighted by Gasteiger charge is -2.24. The molecule has 30 heavy (non-hydrogen) atoms. The monoisotopic (exact) mass is 469 g/mol. The van der Waals surface area contributed by atoms with Crippen molar-refractivity contribution in [3.63, 3.8) is 0 Å². The number of rotatable bonds is 24. The van der Waals surface area contributed by atoms with Crippen LogP contribution in [-0.2, 0) is 23.7 Å². The van der Waals surface area contributed by atoms with Gasteiger partial charge in [0.05, 0.1) is 0 Å². The lowest BCUT2D eigenvalue weighted by molar-refractivity contribution is -0.120. The Morgan fingerprint density at radius 1 is 0.633 bits per heavy atom. The first-order valence-electron chi connectivity index (χ1n) is 11.9. The van der Waals surface area contributed by atoms with E-state index in [9.17, 15) is 0 Å². The molecule has 0 bridgehead atoms. The molecule has 0 spiro atoms. The van der Waals surface area contributed by atoms with Crippen molar-refractivity contribution in [2.75, 3.05) is 83.9 Å². The molecule has 0 aromatic carbocycles. The van der Waals surface area contributed by atoms with Crippen LogP contribution in [0.15, 0.2) is 0 Å². The third-order valence-corrected chi connectivity index (χ3v) is 6.75. The fraction of sp³-hybridized carbons (Fsp3) is 1.00. The molecule has 0 aromatic rings. The third kappa shape index (κ3) is 19.3. The molecule has 0 heterocycles. The van der Waals surface area contributed by atoms with Gasteiger partial charge in [0.25, 0.3) is 0 Å². The molecule has 0 aliphatic carbocycles. The van der Waals surface area contributed by atoms with Gasteiger partial charge < -0.3 is 28.6 Å². The van der Waals surface area contributed by atoms with E-state index in [-0.39, 0.29) is 12.6 Å². The molecule has 0 aliphatic rings. The molecule has 2 unspecified atom stereocenters. The van der Waals surface area contributed by atoms with E-state index in [1.165, 1.54) is 12.3 Å². The van der Waals surface area contributed by atoms with Gasteiger partial charge in [0.15, 0.2) is 12.6 Å². The van der Waals surface area contributed by atoms with E-state index in [0.717, 1.165) is 75.2 Å². The average Bonchev–Trinajstić information content (AvgIpc) is 2.73. The van der Waals surface area contributed by atoms with Crippen molar-refractivity contribution in [1.29, 1.82) is 0 Å². The van der Waals surface area contributed by atoms with Gasteiger partial charge in [0, 0.05) is 71.6 Å². The highest BCUT2D eigenvalue weighted by Crippen LogP contribution is 2.17. The van der Waals surface area contributed by atoms with Crippen LogP contribution in [0, 0.1) is 0 Å². The van der Waals surface area contributed by atoms with Crippen molar-refractivity contribution < 1.29 is 23.7 Å². The van der Waals surface area contributed by atoms with Crippen LogP contribution < -0.4 is 0 Å². The zero-order chi connectivity index (χ0) is 22.3. The Morgan fingerprint density at radius 2 is 1.10 bits per heavy atom. The zero-order valence-electron chi connectivity index (χ0n) is 20.2. The maximum absolute atomic E-state index is 5.67. The summed E-state index contributed by atoms with van der Waals surface area (Å²) in [6.07, 6.45) is 6.53. The molecule has 8 heteroatoms. The lowest BCUT2D eigenvalue weighted by atomic mass is 10.4. The number of nitrogens with zero attached hydrogens (tertiary/aromatic N) is 1. The average molecular weight is 470 g/mol. The Bertz CT molecular complexity index is 307. The Labute approximate surface area is 190 Å². The van der Waals surface area contributed by atoms with Crippen LogP contribution in [0.3, 0.4) is 0 Å². The second kappa shape index (κ2) is 24.3. The minimum Gasteiger partial charge on any atom is -0.381 e. The second-order valence-corrected chi connectivity index (χ2v) is 9.71. The topological polar surface area (TPSA) is 49.4 Å². The van der Waals surface area contributed by atoms with Crippen LogP contribution in [0.2, 0.25) is 0 Å². The van der Waals surface area contributed by atoms with Gasteiger partial charge in [-0.2, -0.15) is 0 Å². The largest absolute Gasteiger partial charge is 0.381 e. The Hall–Kier alpha value is 0.620. The van der Waals surface area contributed by atoms with Gasteiger partial charge in [0.2, 0.25) is 0 Å². The van der Waals surface area contributed by atoms with Crippen molar-refractivity contribution in [2.45, 2.75) is 60.0 Å². The van der Waals surface area contributed by atoms with Crippen molar-refractivity contribution in [3.05, 3.63) is 0 Å². The molecule has 0 amide bonds. The van der Waals surface area contributed by atoms with Crippen LogP contribution in [0.1, 0.15) is 47.5 Å². The van der Waals surface area contributed by atoms with Crippen LogP contribution in [0.25, 0.3) is 0 Å². The summed E-state index contributed by atoms with van der Waals surface area (Å²) in [5, 5.41) is 0. The Balaban J connectivity index is 4.22. The second-order valence-electron chi connectivity index (χ2n) is 6.90. The molecule has 0 saturated heterocycles. The van der Waals surface area contributed by atoms with Crippen molar-refractivity contribution >= 4 is 17.2 Å². The van der Waals surface area contributed by atoms with E-state index in [0.29, 0.717) is 26.4 Å². The molecule has 0 N–H and O–H groups in total. The summed E-state index contributed by atoms with van der Waals surface area (Å²) in [5.41, 5.74) is 0. The van der Waals surface area contributed by atoms with E-state index in [4.69, 9.17) is 23.7 Å². The summed E-state index contributed by atoms with van der Waals surface area (Å²) < 4.78 is 28.3. The minimum absolute atomic E-state index is 0.0372. The quantitative estimate of drug-likeness (QED) is 0.120. The SMILES string of the molecule is CCCOCCCN(CCPCC(OCC)OCC)CCPCC(OCC)OCC. The predicted octanol–water partition coefficient (Wildman–Crippen LogP) is 4.26. The van der Waals surface area contributed by atoms with Gasteiger partial charge >= 0.3 is 0 Å². The molecule has 182 valence electrons. The molecular formula is C22H49NO5P2. The van der Waals surface area contributed by atoms with Gasteiger partial charge in [0.1, 0.15) is 0 Å². The van der Waals surface area contributed by atoms with Gasteiger partial charge in [-0.3, -0.25) is 0 Å². The summed E-state index contributed by atoms with van der Waals surface area (Å²) in [6.45, 7) is 18.2. The summed E-state index contributed by atoms with van der Waals surface area (Å²) >= 11 is 0. The Morgan fingerprint density at radius 3 is 1.50 bits per heavy atom. The first-order chi connectivity index (χ1) is 14.7. The van der Waals surface area contributed by atoms with Crippen molar-refractivity contribution in [3.8, 4) is 0 Å². The molecule has 0 saturated carbocycles. The van der Waals surface area contributed by atoms with Crippen LogP contribution in [0.5, 0.6) is 0 Å². The lowest BCUT2D eigenvalue weighted by Crippen LogP contribution is -2.31. The fourth-order valence-corrected chi connectivity index (χ4v) is 5.26. The van der Waals surface area contributed by atoms with E-state index in [1.54, 1.807) is 0 Å². The third-order valence-electron chi connectivity index (χ3n) is 4.35. The minimum atomic E-state index is -0.0372.